The van der Waals surface area contributed by atoms with Gasteiger partial charge in [0.2, 0.25) is 0 Å². The van der Waals surface area contributed by atoms with Crippen LogP contribution >= 0.6 is 11.6 Å². The number of rotatable bonds is 2. The Morgan fingerprint density at radius 1 is 1.40 bits per heavy atom. The molecule has 0 atom stereocenters. The molecule has 1 aromatic carbocycles. The first kappa shape index (κ1) is 10.5. The van der Waals surface area contributed by atoms with Crippen LogP contribution in [0.2, 0.25) is 5.02 Å². The molecule has 2 nitrogen and oxygen atoms in total. The number of hydrogen-bond donors (Lipinski definition) is 1. The summed E-state index contributed by atoms with van der Waals surface area (Å²) in [6.45, 7) is 6.36. The van der Waals surface area contributed by atoms with Gasteiger partial charge >= 0.3 is 0 Å². The number of fused-ring (bicyclic) bond motifs is 1. The highest BCUT2D eigenvalue weighted by atomic mass is 35.5. The lowest BCUT2D eigenvalue weighted by Gasteiger charge is -1.97. The molecule has 0 unspecified atom stereocenters. The molecule has 0 fully saturated rings. The summed E-state index contributed by atoms with van der Waals surface area (Å²) in [6.07, 6.45) is 0.992. The van der Waals surface area contributed by atoms with E-state index in [0.717, 1.165) is 28.3 Å². The Morgan fingerprint density at radius 3 is 2.73 bits per heavy atom. The normalized spacial score (nSPS) is 11.5. The number of imidazole rings is 1. The number of aromatic amines is 1. The van der Waals surface area contributed by atoms with E-state index in [1.165, 1.54) is 5.56 Å². The molecule has 0 aliphatic heterocycles. The summed E-state index contributed by atoms with van der Waals surface area (Å²) in [5.74, 6) is 1.40. The van der Waals surface area contributed by atoms with E-state index in [2.05, 4.69) is 36.8 Å². The first-order chi connectivity index (χ1) is 7.11. The van der Waals surface area contributed by atoms with Gasteiger partial charge in [0, 0.05) is 5.92 Å². The van der Waals surface area contributed by atoms with Crippen molar-refractivity contribution < 1.29 is 0 Å². The van der Waals surface area contributed by atoms with Gasteiger partial charge in [-0.1, -0.05) is 32.4 Å². The van der Waals surface area contributed by atoms with Gasteiger partial charge in [-0.3, -0.25) is 0 Å². The van der Waals surface area contributed by atoms with Crippen LogP contribution in [0.3, 0.4) is 0 Å². The fraction of sp³-hybridized carbons (Fsp3) is 0.417. The van der Waals surface area contributed by atoms with E-state index in [1.54, 1.807) is 0 Å². The minimum Gasteiger partial charge on any atom is -0.342 e. The van der Waals surface area contributed by atoms with Crippen LogP contribution in [-0.4, -0.2) is 9.97 Å². The maximum atomic E-state index is 6.18. The van der Waals surface area contributed by atoms with Crippen LogP contribution in [-0.2, 0) is 6.42 Å². The summed E-state index contributed by atoms with van der Waals surface area (Å²) < 4.78 is 0. The van der Waals surface area contributed by atoms with Gasteiger partial charge in [0.1, 0.15) is 11.3 Å². The molecule has 0 amide bonds. The minimum atomic E-state index is 0.401. The molecular formula is C12H15ClN2. The number of halogens is 1. The van der Waals surface area contributed by atoms with Gasteiger partial charge in [0.25, 0.3) is 0 Å². The molecular weight excluding hydrogens is 208 g/mol. The quantitative estimate of drug-likeness (QED) is 0.820. The van der Waals surface area contributed by atoms with Crippen molar-refractivity contribution in [1.29, 1.82) is 0 Å². The van der Waals surface area contributed by atoms with Gasteiger partial charge < -0.3 is 4.98 Å². The zero-order chi connectivity index (χ0) is 11.0. The van der Waals surface area contributed by atoms with Crippen LogP contribution in [0.1, 0.15) is 38.1 Å². The van der Waals surface area contributed by atoms with Crippen LogP contribution in [0.5, 0.6) is 0 Å². The molecule has 1 aromatic heterocycles. The Kier molecular flexibility index (Phi) is 2.70. The predicted octanol–water partition coefficient (Wildman–Crippen LogP) is 3.90. The van der Waals surface area contributed by atoms with Gasteiger partial charge in [-0.15, -0.1) is 0 Å². The van der Waals surface area contributed by atoms with Crippen LogP contribution in [0, 0.1) is 0 Å². The average molecular weight is 223 g/mol. The monoisotopic (exact) mass is 222 g/mol. The second-order valence-electron chi connectivity index (χ2n) is 4.10. The maximum absolute atomic E-state index is 6.18. The van der Waals surface area contributed by atoms with Gasteiger partial charge in [-0.2, -0.15) is 0 Å². The molecule has 0 saturated carbocycles. The van der Waals surface area contributed by atoms with Crippen LogP contribution in [0.15, 0.2) is 12.1 Å². The molecule has 2 aromatic rings. The number of H-pyrrole nitrogens is 1. The number of hydrogen-bond acceptors (Lipinski definition) is 1. The first-order valence-corrected chi connectivity index (χ1v) is 5.67. The van der Waals surface area contributed by atoms with Crippen LogP contribution in [0.4, 0.5) is 0 Å². The average Bonchev–Trinajstić information content (AvgIpc) is 2.61. The number of aryl methyl sites for hydroxylation is 1. The third-order valence-corrected chi connectivity index (χ3v) is 2.86. The molecule has 0 aliphatic rings. The molecule has 80 valence electrons. The highest BCUT2D eigenvalue weighted by Crippen LogP contribution is 2.25. The maximum Gasteiger partial charge on any atom is 0.109 e. The Balaban J connectivity index is 2.64. The van der Waals surface area contributed by atoms with Gasteiger partial charge in [-0.05, 0) is 24.1 Å². The summed E-state index contributed by atoms with van der Waals surface area (Å²) >= 11 is 6.18. The smallest absolute Gasteiger partial charge is 0.109 e. The molecule has 0 aliphatic carbocycles. The van der Waals surface area contributed by atoms with Gasteiger partial charge in [-0.25, -0.2) is 4.98 Å². The van der Waals surface area contributed by atoms with E-state index >= 15 is 0 Å². The van der Waals surface area contributed by atoms with E-state index in [9.17, 15) is 0 Å². The van der Waals surface area contributed by atoms with Gasteiger partial charge in [0.05, 0.1) is 10.5 Å². The second kappa shape index (κ2) is 3.86. The zero-order valence-electron chi connectivity index (χ0n) is 9.26. The Morgan fingerprint density at radius 2 is 2.13 bits per heavy atom. The molecule has 1 heterocycles. The number of nitrogens with zero attached hydrogens (tertiary/aromatic N) is 1. The first-order valence-electron chi connectivity index (χ1n) is 5.29. The topological polar surface area (TPSA) is 28.7 Å². The fourth-order valence-corrected chi connectivity index (χ4v) is 1.91. The van der Waals surface area contributed by atoms with E-state index in [0.29, 0.717) is 5.92 Å². The van der Waals surface area contributed by atoms with E-state index in [-0.39, 0.29) is 0 Å². The number of benzene rings is 1. The lowest BCUT2D eigenvalue weighted by Crippen LogP contribution is -1.88. The van der Waals surface area contributed by atoms with Crippen molar-refractivity contribution >= 4 is 22.6 Å². The van der Waals surface area contributed by atoms with Crippen molar-refractivity contribution in [2.75, 3.05) is 0 Å². The Bertz CT molecular complexity index is 486. The van der Waals surface area contributed by atoms with E-state index < -0.39 is 0 Å². The van der Waals surface area contributed by atoms with Crippen molar-refractivity contribution in [2.45, 2.75) is 33.1 Å². The zero-order valence-corrected chi connectivity index (χ0v) is 10.0. The minimum absolute atomic E-state index is 0.401. The van der Waals surface area contributed by atoms with E-state index in [4.69, 9.17) is 11.6 Å². The molecule has 2 rings (SSSR count). The predicted molar refractivity (Wildman–Crippen MR) is 64.6 cm³/mol. The molecule has 0 bridgehead atoms. The largest absolute Gasteiger partial charge is 0.342 e. The van der Waals surface area contributed by atoms with Crippen molar-refractivity contribution in [3.05, 3.63) is 28.5 Å². The summed E-state index contributed by atoms with van der Waals surface area (Å²) in [6, 6.07) is 4.12. The highest BCUT2D eigenvalue weighted by Gasteiger charge is 2.09. The molecule has 0 saturated heterocycles. The number of aromatic nitrogens is 2. The summed E-state index contributed by atoms with van der Waals surface area (Å²) in [5, 5.41) is 0.743. The Hall–Kier alpha value is -1.02. The third kappa shape index (κ3) is 1.86. The summed E-state index contributed by atoms with van der Waals surface area (Å²) in [4.78, 5) is 7.81. The third-order valence-electron chi connectivity index (χ3n) is 2.57. The molecule has 0 spiro atoms. The lowest BCUT2D eigenvalue weighted by atomic mass is 10.1. The highest BCUT2D eigenvalue weighted by molar-refractivity contribution is 6.35. The molecule has 15 heavy (non-hydrogen) atoms. The second-order valence-corrected chi connectivity index (χ2v) is 4.51. The molecule has 1 N–H and O–H groups in total. The standard InChI is InChI=1S/C12H15ClN2/c1-4-8-5-9(13)11-10(6-8)14-12(15-11)7(2)3/h5-7H,4H2,1-3H3,(H,14,15). The van der Waals surface area contributed by atoms with Gasteiger partial charge in [0.15, 0.2) is 0 Å². The fourth-order valence-electron chi connectivity index (χ4n) is 1.63. The number of nitrogens with one attached hydrogen (secondary N) is 1. The van der Waals surface area contributed by atoms with Crippen molar-refractivity contribution in [3.8, 4) is 0 Å². The Labute approximate surface area is 94.7 Å². The van der Waals surface area contributed by atoms with Crippen molar-refractivity contribution in [1.82, 2.24) is 9.97 Å². The van der Waals surface area contributed by atoms with E-state index in [1.807, 2.05) is 6.07 Å². The molecule has 3 heteroatoms. The SMILES string of the molecule is CCc1cc(Cl)c2nc(C(C)C)[nH]c2c1. The summed E-state index contributed by atoms with van der Waals surface area (Å²) in [7, 11) is 0. The van der Waals surface area contributed by atoms with Crippen LogP contribution < -0.4 is 0 Å². The molecule has 0 radical (unpaired) electrons. The van der Waals surface area contributed by atoms with Crippen molar-refractivity contribution in [2.24, 2.45) is 0 Å². The summed E-state index contributed by atoms with van der Waals surface area (Å²) in [5.41, 5.74) is 3.17. The van der Waals surface area contributed by atoms with Crippen molar-refractivity contribution in [3.63, 3.8) is 0 Å². The lowest BCUT2D eigenvalue weighted by molar-refractivity contribution is 0.799. The van der Waals surface area contributed by atoms with Crippen LogP contribution in [0.25, 0.3) is 11.0 Å².